The molecule has 0 heterocycles. The van der Waals surface area contributed by atoms with Crippen LogP contribution in [0.25, 0.3) is 0 Å². The van der Waals surface area contributed by atoms with Crippen molar-refractivity contribution in [2.75, 3.05) is 6.54 Å². The highest BCUT2D eigenvalue weighted by molar-refractivity contribution is 9.10. The van der Waals surface area contributed by atoms with Gasteiger partial charge in [-0.15, -0.1) is 0 Å². The summed E-state index contributed by atoms with van der Waals surface area (Å²) in [5, 5.41) is 8.93. The number of nitrogens with two attached hydrogens (primary N) is 1. The van der Waals surface area contributed by atoms with Crippen LogP contribution in [-0.2, 0) is 13.0 Å². The number of ether oxygens (including phenoxy) is 1. The summed E-state index contributed by atoms with van der Waals surface area (Å²) < 4.78 is 7.01. The van der Waals surface area contributed by atoms with Crippen molar-refractivity contribution >= 4 is 15.9 Å². The molecule has 0 spiro atoms. The first kappa shape index (κ1) is 15.6. The van der Waals surface area contributed by atoms with Crippen molar-refractivity contribution in [2.45, 2.75) is 20.0 Å². The first-order chi connectivity index (χ1) is 10.1. The first-order valence-corrected chi connectivity index (χ1v) is 7.54. The lowest BCUT2D eigenvalue weighted by Crippen LogP contribution is -2.07. The Bertz CT molecular complexity index is 677. The third-order valence-corrected chi connectivity index (χ3v) is 3.63. The fourth-order valence-electron chi connectivity index (χ4n) is 2.23. The maximum atomic E-state index is 8.93. The van der Waals surface area contributed by atoms with Gasteiger partial charge in [0.2, 0.25) is 0 Å². The molecule has 0 aliphatic carbocycles. The van der Waals surface area contributed by atoms with Crippen molar-refractivity contribution < 1.29 is 4.74 Å². The molecule has 108 valence electrons. The molecule has 3 nitrogen and oxygen atoms in total. The molecule has 2 rings (SSSR count). The minimum atomic E-state index is 0.440. The van der Waals surface area contributed by atoms with Crippen molar-refractivity contribution in [2.24, 2.45) is 5.73 Å². The van der Waals surface area contributed by atoms with E-state index in [1.807, 2.05) is 37.3 Å². The van der Waals surface area contributed by atoms with Gasteiger partial charge in [-0.05, 0) is 60.8 Å². The summed E-state index contributed by atoms with van der Waals surface area (Å²) in [5.41, 5.74) is 9.47. The van der Waals surface area contributed by atoms with E-state index in [0.717, 1.165) is 33.3 Å². The first-order valence-electron chi connectivity index (χ1n) is 6.75. The molecule has 2 aromatic rings. The van der Waals surface area contributed by atoms with Gasteiger partial charge in [-0.2, -0.15) is 5.26 Å². The number of hydrogen-bond acceptors (Lipinski definition) is 3. The SMILES string of the molecule is Cc1cc(Br)cc(CCN)c1OCc1cccc(C#N)c1. The van der Waals surface area contributed by atoms with Gasteiger partial charge in [-0.25, -0.2) is 0 Å². The van der Waals surface area contributed by atoms with Crippen molar-refractivity contribution in [3.63, 3.8) is 0 Å². The minimum absolute atomic E-state index is 0.440. The maximum Gasteiger partial charge on any atom is 0.126 e. The Hall–Kier alpha value is -1.83. The van der Waals surface area contributed by atoms with Crippen LogP contribution in [0.3, 0.4) is 0 Å². The Labute approximate surface area is 133 Å². The van der Waals surface area contributed by atoms with E-state index in [1.165, 1.54) is 0 Å². The highest BCUT2D eigenvalue weighted by Crippen LogP contribution is 2.29. The van der Waals surface area contributed by atoms with Crippen LogP contribution in [0.1, 0.15) is 22.3 Å². The van der Waals surface area contributed by atoms with Crippen LogP contribution in [0.4, 0.5) is 0 Å². The Morgan fingerprint density at radius 3 is 2.81 bits per heavy atom. The molecular formula is C17H17BrN2O. The Morgan fingerprint density at radius 1 is 1.29 bits per heavy atom. The van der Waals surface area contributed by atoms with Crippen molar-refractivity contribution in [1.82, 2.24) is 0 Å². The molecule has 0 aliphatic rings. The highest BCUT2D eigenvalue weighted by Gasteiger charge is 2.09. The second-order valence-electron chi connectivity index (χ2n) is 4.85. The summed E-state index contributed by atoms with van der Waals surface area (Å²) in [4.78, 5) is 0. The number of halogens is 1. The van der Waals surface area contributed by atoms with Gasteiger partial charge in [0.1, 0.15) is 12.4 Å². The predicted octanol–water partition coefficient (Wildman–Crippen LogP) is 3.71. The quantitative estimate of drug-likeness (QED) is 0.899. The molecule has 0 saturated carbocycles. The number of nitriles is 1. The number of aryl methyl sites for hydroxylation is 1. The van der Waals surface area contributed by atoms with E-state index >= 15 is 0 Å². The van der Waals surface area contributed by atoms with Gasteiger partial charge in [0, 0.05) is 4.47 Å². The molecule has 21 heavy (non-hydrogen) atoms. The topological polar surface area (TPSA) is 59.0 Å². The third-order valence-electron chi connectivity index (χ3n) is 3.17. The molecule has 0 unspecified atom stereocenters. The van der Waals surface area contributed by atoms with Gasteiger partial charge in [-0.3, -0.25) is 0 Å². The van der Waals surface area contributed by atoms with Crippen molar-refractivity contribution in [1.29, 1.82) is 5.26 Å². The van der Waals surface area contributed by atoms with Gasteiger partial charge in [0.25, 0.3) is 0 Å². The highest BCUT2D eigenvalue weighted by atomic mass is 79.9. The van der Waals surface area contributed by atoms with E-state index in [2.05, 4.69) is 22.0 Å². The summed E-state index contributed by atoms with van der Waals surface area (Å²) in [5.74, 6) is 0.881. The third kappa shape index (κ3) is 4.07. The molecule has 0 aliphatic heterocycles. The van der Waals surface area contributed by atoms with Crippen LogP contribution < -0.4 is 10.5 Å². The van der Waals surface area contributed by atoms with Gasteiger partial charge in [0.15, 0.2) is 0 Å². The molecule has 2 aromatic carbocycles. The van der Waals surface area contributed by atoms with Gasteiger partial charge in [0.05, 0.1) is 11.6 Å². The van der Waals surface area contributed by atoms with Crippen LogP contribution in [0.15, 0.2) is 40.9 Å². The van der Waals surface area contributed by atoms with Crippen LogP contribution in [-0.4, -0.2) is 6.54 Å². The van der Waals surface area contributed by atoms with Gasteiger partial charge in [-0.1, -0.05) is 28.1 Å². The average Bonchev–Trinajstić information content (AvgIpc) is 2.47. The van der Waals surface area contributed by atoms with Gasteiger partial charge >= 0.3 is 0 Å². The summed E-state index contributed by atoms with van der Waals surface area (Å²) in [6, 6.07) is 13.7. The summed E-state index contributed by atoms with van der Waals surface area (Å²) in [7, 11) is 0. The number of rotatable bonds is 5. The van der Waals surface area contributed by atoms with Crippen molar-refractivity contribution in [3.05, 3.63) is 63.1 Å². The average molecular weight is 345 g/mol. The summed E-state index contributed by atoms with van der Waals surface area (Å²) >= 11 is 3.50. The monoisotopic (exact) mass is 344 g/mol. The Morgan fingerprint density at radius 2 is 2.10 bits per heavy atom. The molecule has 2 N–H and O–H groups in total. The molecule has 0 aromatic heterocycles. The van der Waals surface area contributed by atoms with Crippen molar-refractivity contribution in [3.8, 4) is 11.8 Å². The van der Waals surface area contributed by atoms with Crippen LogP contribution in [0, 0.1) is 18.3 Å². The lowest BCUT2D eigenvalue weighted by molar-refractivity contribution is 0.301. The van der Waals surface area contributed by atoms with Crippen LogP contribution in [0.5, 0.6) is 5.75 Å². The summed E-state index contributed by atoms with van der Waals surface area (Å²) in [6.07, 6.45) is 0.772. The normalized spacial score (nSPS) is 10.2. The Balaban J connectivity index is 2.21. The zero-order valence-corrected chi connectivity index (χ0v) is 13.5. The second-order valence-corrected chi connectivity index (χ2v) is 5.77. The number of nitrogens with zero attached hydrogens (tertiary/aromatic N) is 1. The smallest absolute Gasteiger partial charge is 0.126 e. The lowest BCUT2D eigenvalue weighted by atomic mass is 10.1. The van der Waals surface area contributed by atoms with E-state index in [9.17, 15) is 0 Å². The van der Waals surface area contributed by atoms with E-state index in [-0.39, 0.29) is 0 Å². The molecular weight excluding hydrogens is 328 g/mol. The zero-order chi connectivity index (χ0) is 15.2. The molecule has 0 amide bonds. The zero-order valence-electron chi connectivity index (χ0n) is 11.9. The molecule has 0 saturated heterocycles. The van der Waals surface area contributed by atoms with E-state index in [1.54, 1.807) is 6.07 Å². The van der Waals surface area contributed by atoms with Crippen LogP contribution in [0.2, 0.25) is 0 Å². The largest absolute Gasteiger partial charge is 0.488 e. The van der Waals surface area contributed by atoms with E-state index < -0.39 is 0 Å². The fraction of sp³-hybridized carbons (Fsp3) is 0.235. The minimum Gasteiger partial charge on any atom is -0.488 e. The van der Waals surface area contributed by atoms with E-state index in [0.29, 0.717) is 18.7 Å². The predicted molar refractivity (Wildman–Crippen MR) is 87.1 cm³/mol. The Kier molecular flexibility index (Phi) is 5.38. The molecule has 4 heteroatoms. The maximum absolute atomic E-state index is 8.93. The van der Waals surface area contributed by atoms with Gasteiger partial charge < -0.3 is 10.5 Å². The fourth-order valence-corrected chi connectivity index (χ4v) is 2.85. The molecule has 0 radical (unpaired) electrons. The molecule has 0 fully saturated rings. The van der Waals surface area contributed by atoms with E-state index in [4.69, 9.17) is 15.7 Å². The number of benzene rings is 2. The molecule has 0 bridgehead atoms. The number of hydrogen-bond donors (Lipinski definition) is 1. The standard InChI is InChI=1S/C17H17BrN2O/c1-12-7-16(18)9-15(5-6-19)17(12)21-11-14-4-2-3-13(8-14)10-20/h2-4,7-9H,5-6,11,19H2,1H3. The second kappa shape index (κ2) is 7.26. The molecule has 0 atom stereocenters. The lowest BCUT2D eigenvalue weighted by Gasteiger charge is -2.15. The van der Waals surface area contributed by atoms with Crippen LogP contribution >= 0.6 is 15.9 Å². The summed E-state index contributed by atoms with van der Waals surface area (Å²) in [6.45, 7) is 3.04.